The lowest BCUT2D eigenvalue weighted by atomic mass is 10.1. The first-order valence-corrected chi connectivity index (χ1v) is 6.22. The molecule has 2 aromatic carbocycles. The second-order valence-corrected chi connectivity index (χ2v) is 4.42. The fourth-order valence-corrected chi connectivity index (χ4v) is 2.19. The summed E-state index contributed by atoms with van der Waals surface area (Å²) >= 11 is 0. The molecule has 0 aliphatic heterocycles. The van der Waals surface area contributed by atoms with Gasteiger partial charge in [-0.05, 0) is 30.3 Å². The molecule has 0 aliphatic rings. The van der Waals surface area contributed by atoms with Gasteiger partial charge in [-0.25, -0.2) is 4.68 Å². The van der Waals surface area contributed by atoms with Crippen molar-refractivity contribution in [2.45, 2.75) is 6.54 Å². The summed E-state index contributed by atoms with van der Waals surface area (Å²) in [5.74, 6) is 0.732. The van der Waals surface area contributed by atoms with Gasteiger partial charge in [0.15, 0.2) is 0 Å². The van der Waals surface area contributed by atoms with E-state index in [0.717, 1.165) is 28.6 Å². The summed E-state index contributed by atoms with van der Waals surface area (Å²) in [5.41, 5.74) is 3.31. The average molecular weight is 267 g/mol. The Kier molecular flexibility index (Phi) is 3.16. The van der Waals surface area contributed by atoms with Crippen LogP contribution in [0.25, 0.3) is 11.0 Å². The minimum atomic E-state index is 0.505. The predicted molar refractivity (Wildman–Crippen MR) is 75.0 cm³/mol. The van der Waals surface area contributed by atoms with Crippen molar-refractivity contribution in [3.05, 3.63) is 53.6 Å². The van der Waals surface area contributed by atoms with Crippen molar-refractivity contribution in [2.24, 2.45) is 0 Å². The van der Waals surface area contributed by atoms with Gasteiger partial charge < -0.3 is 4.74 Å². The number of nitrogens with zero attached hydrogens (tertiary/aromatic N) is 3. The molecule has 0 saturated heterocycles. The summed E-state index contributed by atoms with van der Waals surface area (Å²) in [6.07, 6.45) is 0.822. The Morgan fingerprint density at radius 1 is 1.25 bits per heavy atom. The van der Waals surface area contributed by atoms with Gasteiger partial charge in [0.2, 0.25) is 0 Å². The van der Waals surface area contributed by atoms with E-state index >= 15 is 0 Å². The van der Waals surface area contributed by atoms with Crippen molar-refractivity contribution in [3.63, 3.8) is 0 Å². The van der Waals surface area contributed by atoms with E-state index in [0.29, 0.717) is 12.1 Å². The van der Waals surface area contributed by atoms with Gasteiger partial charge in [-0.15, -0.1) is 5.10 Å². The molecule has 0 saturated carbocycles. The lowest BCUT2D eigenvalue weighted by Gasteiger charge is -2.09. The molecule has 3 rings (SSSR count). The van der Waals surface area contributed by atoms with Crippen LogP contribution in [0.4, 0.5) is 0 Å². The van der Waals surface area contributed by atoms with E-state index in [1.165, 1.54) is 0 Å². The summed E-state index contributed by atoms with van der Waals surface area (Å²) in [7, 11) is 1.61. The number of hydrogen-bond donors (Lipinski definition) is 0. The first-order valence-electron chi connectivity index (χ1n) is 6.22. The third-order valence-electron chi connectivity index (χ3n) is 3.18. The summed E-state index contributed by atoms with van der Waals surface area (Å²) in [4.78, 5) is 10.9. The molecule has 0 atom stereocenters. The number of hydrogen-bond acceptors (Lipinski definition) is 4. The maximum atomic E-state index is 10.9. The fraction of sp³-hybridized carbons (Fsp3) is 0.133. The Morgan fingerprint density at radius 2 is 2.10 bits per heavy atom. The summed E-state index contributed by atoms with van der Waals surface area (Å²) in [5, 5.41) is 8.26. The Labute approximate surface area is 115 Å². The standard InChI is InChI=1S/C15H13N3O2/c1-20-15-7-6-11(10-19)8-12(15)9-18-14-5-3-2-4-13(14)16-17-18/h2-8,10H,9H2,1H3. The van der Waals surface area contributed by atoms with Crippen LogP contribution in [0.15, 0.2) is 42.5 Å². The van der Waals surface area contributed by atoms with E-state index in [4.69, 9.17) is 4.74 Å². The van der Waals surface area contributed by atoms with Gasteiger partial charge in [0.25, 0.3) is 0 Å². The molecule has 5 nitrogen and oxygen atoms in total. The molecule has 3 aromatic rings. The van der Waals surface area contributed by atoms with Crippen LogP contribution in [-0.2, 0) is 6.54 Å². The second-order valence-electron chi connectivity index (χ2n) is 4.42. The molecule has 0 unspecified atom stereocenters. The minimum Gasteiger partial charge on any atom is -0.496 e. The van der Waals surface area contributed by atoms with Crippen LogP contribution in [0.1, 0.15) is 15.9 Å². The van der Waals surface area contributed by atoms with Crippen molar-refractivity contribution in [3.8, 4) is 5.75 Å². The molecule has 20 heavy (non-hydrogen) atoms. The Balaban J connectivity index is 2.04. The van der Waals surface area contributed by atoms with E-state index in [-0.39, 0.29) is 0 Å². The highest BCUT2D eigenvalue weighted by Crippen LogP contribution is 2.21. The van der Waals surface area contributed by atoms with Gasteiger partial charge in [0, 0.05) is 11.1 Å². The first kappa shape index (κ1) is 12.3. The molecule has 0 N–H and O–H groups in total. The van der Waals surface area contributed by atoms with E-state index in [1.54, 1.807) is 23.9 Å². The van der Waals surface area contributed by atoms with Gasteiger partial charge in [0.05, 0.1) is 19.2 Å². The van der Waals surface area contributed by atoms with E-state index in [2.05, 4.69) is 10.3 Å². The van der Waals surface area contributed by atoms with Gasteiger partial charge in [0.1, 0.15) is 17.6 Å². The number of aldehydes is 1. The van der Waals surface area contributed by atoms with E-state index in [9.17, 15) is 4.79 Å². The van der Waals surface area contributed by atoms with Crippen LogP contribution >= 0.6 is 0 Å². The maximum absolute atomic E-state index is 10.9. The van der Waals surface area contributed by atoms with Gasteiger partial charge in [-0.1, -0.05) is 17.3 Å². The van der Waals surface area contributed by atoms with Crippen LogP contribution in [0.2, 0.25) is 0 Å². The molecule has 0 spiro atoms. The van der Waals surface area contributed by atoms with Crippen LogP contribution in [-0.4, -0.2) is 28.4 Å². The van der Waals surface area contributed by atoms with Gasteiger partial charge in [-0.3, -0.25) is 4.79 Å². The quantitative estimate of drug-likeness (QED) is 0.681. The number of benzene rings is 2. The smallest absolute Gasteiger partial charge is 0.150 e. The zero-order valence-corrected chi connectivity index (χ0v) is 11.0. The summed E-state index contributed by atoms with van der Waals surface area (Å²) in [6.45, 7) is 0.505. The number of carbonyl (C=O) groups is 1. The van der Waals surface area contributed by atoms with Crippen molar-refractivity contribution in [1.29, 1.82) is 0 Å². The molecule has 5 heteroatoms. The third-order valence-corrected chi connectivity index (χ3v) is 3.18. The monoisotopic (exact) mass is 267 g/mol. The number of para-hydroxylation sites is 1. The van der Waals surface area contributed by atoms with Crippen molar-refractivity contribution < 1.29 is 9.53 Å². The molecule has 100 valence electrons. The molecule has 0 amide bonds. The second kappa shape index (κ2) is 5.13. The lowest BCUT2D eigenvalue weighted by molar-refractivity contribution is 0.112. The zero-order chi connectivity index (χ0) is 13.9. The van der Waals surface area contributed by atoms with Gasteiger partial charge >= 0.3 is 0 Å². The number of fused-ring (bicyclic) bond motifs is 1. The molecule has 0 aliphatic carbocycles. The van der Waals surface area contributed by atoms with Crippen LogP contribution in [0, 0.1) is 0 Å². The third kappa shape index (κ3) is 2.14. The molecule has 0 fully saturated rings. The first-order chi connectivity index (χ1) is 9.81. The number of carbonyl (C=O) groups excluding carboxylic acids is 1. The Hall–Kier alpha value is -2.69. The van der Waals surface area contributed by atoms with Crippen molar-refractivity contribution in [2.75, 3.05) is 7.11 Å². The normalized spacial score (nSPS) is 10.7. The number of rotatable bonds is 4. The Bertz CT molecular complexity index is 765. The molecular formula is C15H13N3O2. The fourth-order valence-electron chi connectivity index (χ4n) is 2.19. The van der Waals surface area contributed by atoms with Gasteiger partial charge in [-0.2, -0.15) is 0 Å². The largest absolute Gasteiger partial charge is 0.496 e. The average Bonchev–Trinajstić information content (AvgIpc) is 2.90. The minimum absolute atomic E-state index is 0.505. The SMILES string of the molecule is COc1ccc(C=O)cc1Cn1nnc2ccccc21. The number of methoxy groups -OCH3 is 1. The molecule has 1 heterocycles. The zero-order valence-electron chi connectivity index (χ0n) is 11.0. The van der Waals surface area contributed by atoms with Crippen molar-refractivity contribution >= 4 is 17.3 Å². The number of ether oxygens (including phenoxy) is 1. The van der Waals surface area contributed by atoms with Crippen LogP contribution < -0.4 is 4.74 Å². The summed E-state index contributed by atoms with van der Waals surface area (Å²) in [6, 6.07) is 13.1. The topological polar surface area (TPSA) is 57.0 Å². The summed E-state index contributed by atoms with van der Waals surface area (Å²) < 4.78 is 7.12. The highest BCUT2D eigenvalue weighted by Gasteiger charge is 2.09. The van der Waals surface area contributed by atoms with E-state index < -0.39 is 0 Å². The molecule has 0 radical (unpaired) electrons. The van der Waals surface area contributed by atoms with Crippen LogP contribution in [0.3, 0.4) is 0 Å². The molecule has 0 bridgehead atoms. The van der Waals surface area contributed by atoms with E-state index in [1.807, 2.05) is 30.3 Å². The maximum Gasteiger partial charge on any atom is 0.150 e. The highest BCUT2D eigenvalue weighted by molar-refractivity contribution is 5.76. The Morgan fingerprint density at radius 3 is 2.90 bits per heavy atom. The number of aromatic nitrogens is 3. The van der Waals surface area contributed by atoms with Crippen LogP contribution in [0.5, 0.6) is 5.75 Å². The highest BCUT2D eigenvalue weighted by atomic mass is 16.5. The lowest BCUT2D eigenvalue weighted by Crippen LogP contribution is -2.04. The molecule has 1 aromatic heterocycles. The predicted octanol–water partition coefficient (Wildman–Crippen LogP) is 2.30. The van der Waals surface area contributed by atoms with Crippen molar-refractivity contribution in [1.82, 2.24) is 15.0 Å². The molecular weight excluding hydrogens is 254 g/mol.